The maximum atomic E-state index is 6.06. The number of aromatic nitrogens is 1. The second kappa shape index (κ2) is 7.51. The molecule has 0 unspecified atom stereocenters. The van der Waals surface area contributed by atoms with Gasteiger partial charge in [0.25, 0.3) is 0 Å². The first-order chi connectivity index (χ1) is 14.0. The molecule has 5 nitrogen and oxygen atoms in total. The third-order valence-corrected chi connectivity index (χ3v) is 5.02. The summed E-state index contributed by atoms with van der Waals surface area (Å²) in [6, 6.07) is 15.9. The SMILES string of the molecule is COc1ccc(-c2nc3ccc(-c4cc(C)c(OC)c(C)c4)cc3o2)cc1OC. The summed E-state index contributed by atoms with van der Waals surface area (Å²) in [6.45, 7) is 4.11. The number of benzene rings is 3. The van der Waals surface area contributed by atoms with Crippen molar-refractivity contribution in [3.63, 3.8) is 0 Å². The number of rotatable bonds is 5. The molecule has 29 heavy (non-hydrogen) atoms. The van der Waals surface area contributed by atoms with E-state index in [2.05, 4.69) is 37.0 Å². The molecule has 4 aromatic rings. The Morgan fingerprint density at radius 1 is 0.690 bits per heavy atom. The Morgan fingerprint density at radius 3 is 2.03 bits per heavy atom. The number of hydrogen-bond donors (Lipinski definition) is 0. The molecular formula is C24H23NO4. The van der Waals surface area contributed by atoms with E-state index in [4.69, 9.17) is 18.6 Å². The number of nitrogens with zero attached hydrogens (tertiary/aromatic N) is 1. The van der Waals surface area contributed by atoms with Crippen molar-refractivity contribution in [3.8, 4) is 39.8 Å². The quantitative estimate of drug-likeness (QED) is 0.431. The van der Waals surface area contributed by atoms with Crippen molar-refractivity contribution in [2.45, 2.75) is 13.8 Å². The van der Waals surface area contributed by atoms with Crippen LogP contribution in [0.3, 0.4) is 0 Å². The lowest BCUT2D eigenvalue weighted by molar-refractivity contribution is 0.355. The molecule has 3 aromatic carbocycles. The Kier molecular flexibility index (Phi) is 4.89. The zero-order valence-corrected chi connectivity index (χ0v) is 17.2. The van der Waals surface area contributed by atoms with Crippen molar-refractivity contribution in [2.75, 3.05) is 21.3 Å². The first-order valence-electron chi connectivity index (χ1n) is 9.32. The molecule has 0 amide bonds. The maximum Gasteiger partial charge on any atom is 0.227 e. The van der Waals surface area contributed by atoms with Gasteiger partial charge in [-0.1, -0.05) is 6.07 Å². The standard InChI is InChI=1S/C24H23NO4/c1-14-10-18(11-15(2)23(14)28-5)16-6-8-19-21(12-16)29-24(25-19)17-7-9-20(26-3)22(13-17)27-4/h6-13H,1-5H3. The zero-order valence-electron chi connectivity index (χ0n) is 17.2. The normalized spacial score (nSPS) is 10.9. The lowest BCUT2D eigenvalue weighted by Crippen LogP contribution is -1.92. The van der Waals surface area contributed by atoms with Crippen molar-refractivity contribution >= 4 is 11.1 Å². The van der Waals surface area contributed by atoms with Gasteiger partial charge in [-0.15, -0.1) is 0 Å². The van der Waals surface area contributed by atoms with Gasteiger partial charge in [0.1, 0.15) is 11.3 Å². The van der Waals surface area contributed by atoms with Crippen LogP contribution in [0.25, 0.3) is 33.7 Å². The van der Waals surface area contributed by atoms with Gasteiger partial charge in [-0.25, -0.2) is 4.98 Å². The topological polar surface area (TPSA) is 53.7 Å². The van der Waals surface area contributed by atoms with Gasteiger partial charge < -0.3 is 18.6 Å². The Morgan fingerprint density at radius 2 is 1.38 bits per heavy atom. The smallest absolute Gasteiger partial charge is 0.227 e. The minimum Gasteiger partial charge on any atom is -0.496 e. The van der Waals surface area contributed by atoms with Crippen LogP contribution >= 0.6 is 0 Å². The highest BCUT2D eigenvalue weighted by Gasteiger charge is 2.13. The summed E-state index contributed by atoms with van der Waals surface area (Å²) < 4.78 is 22.2. The number of ether oxygens (including phenoxy) is 3. The summed E-state index contributed by atoms with van der Waals surface area (Å²) in [5.74, 6) is 2.77. The average molecular weight is 389 g/mol. The molecule has 0 bridgehead atoms. The summed E-state index contributed by atoms with van der Waals surface area (Å²) in [4.78, 5) is 4.63. The van der Waals surface area contributed by atoms with Gasteiger partial charge in [0, 0.05) is 5.56 Å². The van der Waals surface area contributed by atoms with Crippen LogP contribution in [0, 0.1) is 13.8 Å². The van der Waals surface area contributed by atoms with Gasteiger partial charge >= 0.3 is 0 Å². The van der Waals surface area contributed by atoms with Crippen molar-refractivity contribution in [1.82, 2.24) is 4.98 Å². The molecule has 0 fully saturated rings. The third-order valence-electron chi connectivity index (χ3n) is 5.02. The predicted octanol–water partition coefficient (Wildman–Crippen LogP) is 5.80. The number of fused-ring (bicyclic) bond motifs is 1. The van der Waals surface area contributed by atoms with Crippen LogP contribution in [0.1, 0.15) is 11.1 Å². The summed E-state index contributed by atoms with van der Waals surface area (Å²) in [6.07, 6.45) is 0. The predicted molar refractivity (Wildman–Crippen MR) is 114 cm³/mol. The van der Waals surface area contributed by atoms with Crippen LogP contribution in [-0.2, 0) is 0 Å². The second-order valence-corrected chi connectivity index (χ2v) is 6.91. The minimum atomic E-state index is 0.542. The molecule has 0 aliphatic rings. The Hall–Kier alpha value is -3.47. The number of aryl methyl sites for hydroxylation is 2. The highest BCUT2D eigenvalue weighted by Crippen LogP contribution is 2.35. The molecule has 0 N–H and O–H groups in total. The van der Waals surface area contributed by atoms with E-state index >= 15 is 0 Å². The Bertz CT molecular complexity index is 1170. The molecule has 148 valence electrons. The van der Waals surface area contributed by atoms with Gasteiger partial charge in [0.15, 0.2) is 17.1 Å². The molecule has 0 radical (unpaired) electrons. The highest BCUT2D eigenvalue weighted by atomic mass is 16.5. The molecule has 0 saturated carbocycles. The van der Waals surface area contributed by atoms with E-state index in [1.54, 1.807) is 21.3 Å². The lowest BCUT2D eigenvalue weighted by atomic mass is 9.99. The first-order valence-corrected chi connectivity index (χ1v) is 9.32. The number of methoxy groups -OCH3 is 3. The van der Waals surface area contributed by atoms with Gasteiger partial charge in [-0.3, -0.25) is 0 Å². The fraction of sp³-hybridized carbons (Fsp3) is 0.208. The molecule has 1 heterocycles. The van der Waals surface area contributed by atoms with Gasteiger partial charge in [0.05, 0.1) is 21.3 Å². The third kappa shape index (κ3) is 3.40. The van der Waals surface area contributed by atoms with Crippen LogP contribution in [0.2, 0.25) is 0 Å². The molecule has 1 aromatic heterocycles. The number of oxazole rings is 1. The molecule has 0 aliphatic heterocycles. The second-order valence-electron chi connectivity index (χ2n) is 6.91. The van der Waals surface area contributed by atoms with Crippen LogP contribution in [0.4, 0.5) is 0 Å². The van der Waals surface area contributed by atoms with E-state index in [-0.39, 0.29) is 0 Å². The molecule has 0 aliphatic carbocycles. The molecule has 0 atom stereocenters. The van der Waals surface area contributed by atoms with Crippen LogP contribution < -0.4 is 14.2 Å². The summed E-state index contributed by atoms with van der Waals surface area (Å²) in [7, 11) is 4.92. The van der Waals surface area contributed by atoms with Crippen LogP contribution in [-0.4, -0.2) is 26.3 Å². The summed E-state index contributed by atoms with van der Waals surface area (Å²) >= 11 is 0. The van der Waals surface area contributed by atoms with E-state index in [1.807, 2.05) is 30.3 Å². The fourth-order valence-corrected chi connectivity index (χ4v) is 3.64. The van der Waals surface area contributed by atoms with E-state index in [0.717, 1.165) is 44.7 Å². The zero-order chi connectivity index (χ0) is 20.5. The van der Waals surface area contributed by atoms with Gasteiger partial charge in [0.2, 0.25) is 5.89 Å². The number of hydrogen-bond acceptors (Lipinski definition) is 5. The molecule has 0 spiro atoms. The van der Waals surface area contributed by atoms with Crippen molar-refractivity contribution in [2.24, 2.45) is 0 Å². The van der Waals surface area contributed by atoms with E-state index in [9.17, 15) is 0 Å². The van der Waals surface area contributed by atoms with E-state index < -0.39 is 0 Å². The fourth-order valence-electron chi connectivity index (χ4n) is 3.64. The highest BCUT2D eigenvalue weighted by molar-refractivity contribution is 5.83. The largest absolute Gasteiger partial charge is 0.496 e. The van der Waals surface area contributed by atoms with Crippen molar-refractivity contribution in [1.29, 1.82) is 0 Å². The van der Waals surface area contributed by atoms with Crippen LogP contribution in [0.5, 0.6) is 17.2 Å². The maximum absolute atomic E-state index is 6.06. The van der Waals surface area contributed by atoms with Gasteiger partial charge in [-0.05, 0) is 78.6 Å². The average Bonchev–Trinajstić information content (AvgIpc) is 3.16. The molecular weight excluding hydrogens is 366 g/mol. The lowest BCUT2D eigenvalue weighted by Gasteiger charge is -2.11. The van der Waals surface area contributed by atoms with Crippen molar-refractivity contribution in [3.05, 3.63) is 59.7 Å². The van der Waals surface area contributed by atoms with E-state index in [1.165, 1.54) is 0 Å². The molecule has 4 rings (SSSR count). The van der Waals surface area contributed by atoms with E-state index in [0.29, 0.717) is 17.4 Å². The first kappa shape index (κ1) is 18.9. The molecule has 5 heteroatoms. The molecule has 0 saturated heterocycles. The Balaban J connectivity index is 1.76. The Labute approximate surface area is 169 Å². The monoisotopic (exact) mass is 389 g/mol. The van der Waals surface area contributed by atoms with Crippen molar-refractivity contribution < 1.29 is 18.6 Å². The van der Waals surface area contributed by atoms with Gasteiger partial charge in [-0.2, -0.15) is 0 Å². The summed E-state index contributed by atoms with van der Waals surface area (Å²) in [5.41, 5.74) is 6.76. The summed E-state index contributed by atoms with van der Waals surface area (Å²) in [5, 5.41) is 0. The minimum absolute atomic E-state index is 0.542. The van der Waals surface area contributed by atoms with Crippen LogP contribution in [0.15, 0.2) is 52.9 Å².